The molecule has 0 saturated carbocycles. The molecule has 0 bridgehead atoms. The topological polar surface area (TPSA) is 95.9 Å². The maximum absolute atomic E-state index is 13.2. The highest BCUT2D eigenvalue weighted by Crippen LogP contribution is 2.20. The van der Waals surface area contributed by atoms with Gasteiger partial charge in [0, 0.05) is 17.9 Å². The van der Waals surface area contributed by atoms with E-state index in [0.717, 1.165) is 11.1 Å². The number of rotatable bonds is 12. The highest BCUT2D eigenvalue weighted by atomic mass is 32.1. The number of ketones is 1. The number of carbonyl (C=O) groups excluding carboxylic acids is 2. The van der Waals surface area contributed by atoms with Gasteiger partial charge in [0.25, 0.3) is 0 Å². The van der Waals surface area contributed by atoms with Gasteiger partial charge >= 0.3 is 7.12 Å². The normalized spacial score (nSPS) is 12.6. The summed E-state index contributed by atoms with van der Waals surface area (Å²) in [4.78, 5) is 26.1. The van der Waals surface area contributed by atoms with Gasteiger partial charge in [-0.05, 0) is 71.5 Å². The van der Waals surface area contributed by atoms with Crippen molar-refractivity contribution < 1.29 is 24.4 Å². The Bertz CT molecular complexity index is 1010. The average molecular weight is 465 g/mol. The molecule has 0 saturated heterocycles. The Labute approximate surface area is 198 Å². The van der Waals surface area contributed by atoms with Crippen LogP contribution in [0.15, 0.2) is 71.4 Å². The Kier molecular flexibility index (Phi) is 9.24. The van der Waals surface area contributed by atoms with Gasteiger partial charge in [-0.15, -0.1) is 0 Å². The maximum atomic E-state index is 13.2. The van der Waals surface area contributed by atoms with Gasteiger partial charge in [0.15, 0.2) is 5.78 Å². The van der Waals surface area contributed by atoms with Crippen molar-refractivity contribution in [3.63, 3.8) is 0 Å². The van der Waals surface area contributed by atoms with Crippen LogP contribution in [0.4, 0.5) is 0 Å². The molecule has 1 heterocycles. The molecule has 3 rings (SSSR count). The average Bonchev–Trinajstić information content (AvgIpc) is 3.35. The molecule has 2 atom stereocenters. The Morgan fingerprint density at radius 1 is 1.03 bits per heavy atom. The van der Waals surface area contributed by atoms with Crippen LogP contribution >= 0.6 is 11.3 Å². The molecular weight excluding hydrogens is 437 g/mol. The highest BCUT2D eigenvalue weighted by molar-refractivity contribution is 7.07. The first-order valence-electron chi connectivity index (χ1n) is 10.8. The summed E-state index contributed by atoms with van der Waals surface area (Å²) < 4.78 is 5.14. The van der Waals surface area contributed by atoms with E-state index in [1.807, 2.05) is 47.2 Å². The molecule has 0 spiro atoms. The van der Waals surface area contributed by atoms with Crippen LogP contribution in [0.3, 0.4) is 0 Å². The van der Waals surface area contributed by atoms with Gasteiger partial charge in [0.1, 0.15) is 5.75 Å². The lowest BCUT2D eigenvalue weighted by Crippen LogP contribution is -2.50. The first-order chi connectivity index (χ1) is 16.0. The van der Waals surface area contributed by atoms with E-state index in [4.69, 9.17) is 4.74 Å². The Morgan fingerprint density at radius 2 is 1.76 bits per heavy atom. The lowest BCUT2D eigenvalue weighted by molar-refractivity contribution is -0.125. The van der Waals surface area contributed by atoms with E-state index in [2.05, 4.69) is 5.32 Å². The minimum Gasteiger partial charge on any atom is -0.497 e. The minimum atomic E-state index is -1.71. The van der Waals surface area contributed by atoms with E-state index >= 15 is 0 Å². The Hall–Kier alpha value is -2.94. The second-order valence-corrected chi connectivity index (χ2v) is 8.72. The van der Waals surface area contributed by atoms with Crippen molar-refractivity contribution in [1.82, 2.24) is 5.32 Å². The van der Waals surface area contributed by atoms with Crippen LogP contribution in [0, 0.1) is 5.92 Å². The molecule has 3 N–H and O–H groups in total. The molecule has 33 heavy (non-hydrogen) atoms. The quantitative estimate of drug-likeness (QED) is 0.282. The number of methoxy groups -OCH3 is 1. The van der Waals surface area contributed by atoms with Gasteiger partial charge in [-0.1, -0.05) is 30.3 Å². The van der Waals surface area contributed by atoms with E-state index < -0.39 is 19.0 Å². The van der Waals surface area contributed by atoms with Gasteiger partial charge in [0.05, 0.1) is 13.1 Å². The monoisotopic (exact) mass is 465 g/mol. The predicted molar refractivity (Wildman–Crippen MR) is 130 cm³/mol. The third kappa shape index (κ3) is 7.56. The molecule has 172 valence electrons. The highest BCUT2D eigenvalue weighted by Gasteiger charge is 2.30. The van der Waals surface area contributed by atoms with Crippen molar-refractivity contribution >= 4 is 30.1 Å². The van der Waals surface area contributed by atoms with Crippen molar-refractivity contribution in [2.45, 2.75) is 31.6 Å². The van der Waals surface area contributed by atoms with Gasteiger partial charge in [0.2, 0.25) is 5.91 Å². The van der Waals surface area contributed by atoms with E-state index in [1.165, 1.54) is 11.3 Å². The molecule has 0 unspecified atom stereocenters. The SMILES string of the molecule is COc1ccc(C(=O)C[C@H](CCc2ccccc2)C(=O)N[C@@H](Cc2ccsc2)B(O)O)cc1. The first kappa shape index (κ1) is 24.7. The number of hydrogen-bond donors (Lipinski definition) is 3. The molecule has 2 aromatic carbocycles. The van der Waals surface area contributed by atoms with Gasteiger partial charge in [-0.25, -0.2) is 0 Å². The van der Waals surface area contributed by atoms with Crippen LogP contribution in [0.5, 0.6) is 5.75 Å². The van der Waals surface area contributed by atoms with Crippen LogP contribution in [-0.2, 0) is 17.6 Å². The van der Waals surface area contributed by atoms with Crippen LogP contribution in [0.2, 0.25) is 0 Å². The zero-order chi connectivity index (χ0) is 23.6. The molecule has 6 nitrogen and oxygen atoms in total. The molecule has 0 aliphatic heterocycles. The molecule has 0 radical (unpaired) electrons. The number of benzene rings is 2. The summed E-state index contributed by atoms with van der Waals surface area (Å²) in [7, 11) is -0.149. The van der Waals surface area contributed by atoms with Crippen LogP contribution < -0.4 is 10.1 Å². The molecular formula is C25H28BNO5S. The summed E-state index contributed by atoms with van der Waals surface area (Å²) in [6.07, 6.45) is 1.42. The van der Waals surface area contributed by atoms with E-state index in [-0.39, 0.29) is 18.1 Å². The lowest BCUT2D eigenvalue weighted by atomic mass is 9.75. The third-order valence-electron chi connectivity index (χ3n) is 5.56. The van der Waals surface area contributed by atoms with E-state index in [9.17, 15) is 19.6 Å². The Balaban J connectivity index is 1.72. The fourth-order valence-electron chi connectivity index (χ4n) is 3.62. The maximum Gasteiger partial charge on any atom is 0.475 e. The van der Waals surface area contributed by atoms with Crippen molar-refractivity contribution in [2.24, 2.45) is 5.92 Å². The summed E-state index contributed by atoms with van der Waals surface area (Å²) in [5.74, 6) is -1.32. The fraction of sp³-hybridized carbons (Fsp3) is 0.280. The number of aryl methyl sites for hydroxylation is 1. The smallest absolute Gasteiger partial charge is 0.475 e. The molecule has 3 aromatic rings. The fourth-order valence-corrected chi connectivity index (χ4v) is 4.31. The second kappa shape index (κ2) is 12.3. The molecule has 1 aromatic heterocycles. The number of carbonyl (C=O) groups is 2. The van der Waals surface area contributed by atoms with Crippen molar-refractivity contribution in [1.29, 1.82) is 0 Å². The first-order valence-corrected chi connectivity index (χ1v) is 11.8. The molecule has 1 amide bonds. The standard InChI is InChI=1S/C25H28BNO5S/c1-32-22-11-9-20(10-12-22)23(28)16-21(8-7-18-5-3-2-4-6-18)25(29)27-24(26(30)31)15-19-13-14-33-17-19/h2-6,9-14,17,21,24,30-31H,7-8,15-16H2,1H3,(H,27,29)/t21-,24-/m0/s1. The summed E-state index contributed by atoms with van der Waals surface area (Å²) in [6.45, 7) is 0. The largest absolute Gasteiger partial charge is 0.497 e. The van der Waals surface area contributed by atoms with Crippen molar-refractivity contribution in [3.8, 4) is 5.75 Å². The second-order valence-electron chi connectivity index (χ2n) is 7.94. The predicted octanol–water partition coefficient (Wildman–Crippen LogP) is 3.32. The number of hydrogen-bond acceptors (Lipinski definition) is 6. The minimum absolute atomic E-state index is 0.0255. The number of nitrogens with one attached hydrogen (secondary N) is 1. The summed E-state index contributed by atoms with van der Waals surface area (Å²) in [6, 6.07) is 18.4. The number of thiophene rings is 1. The van der Waals surface area contributed by atoms with Crippen LogP contribution in [0.1, 0.15) is 34.3 Å². The van der Waals surface area contributed by atoms with Crippen LogP contribution in [0.25, 0.3) is 0 Å². The van der Waals surface area contributed by atoms with Crippen molar-refractivity contribution in [3.05, 3.63) is 88.1 Å². The van der Waals surface area contributed by atoms with E-state index in [1.54, 1.807) is 31.4 Å². The van der Waals surface area contributed by atoms with Crippen molar-refractivity contribution in [2.75, 3.05) is 7.11 Å². The molecule has 0 fully saturated rings. The summed E-state index contributed by atoms with van der Waals surface area (Å²) >= 11 is 1.50. The lowest BCUT2D eigenvalue weighted by Gasteiger charge is -2.22. The number of Topliss-reactive ketones (excluding diaryl/α,β-unsaturated/α-hetero) is 1. The van der Waals surface area contributed by atoms with Crippen LogP contribution in [-0.4, -0.2) is 41.9 Å². The molecule has 8 heteroatoms. The van der Waals surface area contributed by atoms with E-state index in [0.29, 0.717) is 30.6 Å². The van der Waals surface area contributed by atoms with Gasteiger partial charge in [-0.3, -0.25) is 9.59 Å². The Morgan fingerprint density at radius 3 is 2.36 bits per heavy atom. The third-order valence-corrected chi connectivity index (χ3v) is 6.29. The van der Waals surface area contributed by atoms with Gasteiger partial charge < -0.3 is 20.1 Å². The zero-order valence-corrected chi connectivity index (χ0v) is 19.3. The zero-order valence-electron chi connectivity index (χ0n) is 18.5. The molecule has 0 aliphatic rings. The van der Waals surface area contributed by atoms with Gasteiger partial charge in [-0.2, -0.15) is 11.3 Å². The summed E-state index contributed by atoms with van der Waals surface area (Å²) in [5, 5.41) is 26.2. The number of amides is 1. The summed E-state index contributed by atoms with van der Waals surface area (Å²) in [5.41, 5.74) is 2.49. The number of ether oxygens (including phenoxy) is 1. The molecule has 0 aliphatic carbocycles.